The average molecular weight is 330 g/mol. The lowest BCUT2D eigenvalue weighted by Crippen LogP contribution is -2.28. The second-order valence-corrected chi connectivity index (χ2v) is 6.19. The van der Waals surface area contributed by atoms with Crippen LogP contribution in [0.25, 0.3) is 0 Å². The van der Waals surface area contributed by atoms with Gasteiger partial charge in [0.1, 0.15) is 5.37 Å². The summed E-state index contributed by atoms with van der Waals surface area (Å²) in [6, 6.07) is 9.60. The molecule has 0 spiro atoms. The SMILES string of the molecule is COc1cccc(CN2C(=O)CSC2c2cccnc2)c1OC. The molecule has 0 aliphatic carbocycles. The normalized spacial score (nSPS) is 17.4. The number of aromatic nitrogens is 1. The summed E-state index contributed by atoms with van der Waals surface area (Å²) in [6.07, 6.45) is 3.55. The highest BCUT2D eigenvalue weighted by molar-refractivity contribution is 8.00. The lowest BCUT2D eigenvalue weighted by atomic mass is 10.1. The number of rotatable bonds is 5. The molecule has 1 fully saturated rings. The van der Waals surface area contributed by atoms with Crippen molar-refractivity contribution in [1.82, 2.24) is 9.88 Å². The molecular weight excluding hydrogens is 312 g/mol. The van der Waals surface area contributed by atoms with Crippen molar-refractivity contribution in [3.8, 4) is 11.5 Å². The summed E-state index contributed by atoms with van der Waals surface area (Å²) in [5.41, 5.74) is 1.96. The summed E-state index contributed by atoms with van der Waals surface area (Å²) in [5, 5.41) is -0.0212. The predicted octanol–water partition coefficient (Wildman–Crippen LogP) is 2.87. The number of ether oxygens (including phenoxy) is 2. The zero-order valence-electron chi connectivity index (χ0n) is 13.1. The molecule has 120 valence electrons. The molecule has 0 radical (unpaired) electrons. The van der Waals surface area contributed by atoms with Crippen LogP contribution in [0.1, 0.15) is 16.5 Å². The molecule has 1 saturated heterocycles. The Morgan fingerprint density at radius 2 is 2.13 bits per heavy atom. The van der Waals surface area contributed by atoms with Crippen molar-refractivity contribution >= 4 is 17.7 Å². The quantitative estimate of drug-likeness (QED) is 0.844. The van der Waals surface area contributed by atoms with Gasteiger partial charge in [0, 0.05) is 23.5 Å². The molecule has 5 nitrogen and oxygen atoms in total. The van der Waals surface area contributed by atoms with Crippen LogP contribution in [0.5, 0.6) is 11.5 Å². The highest BCUT2D eigenvalue weighted by Gasteiger charge is 2.33. The highest BCUT2D eigenvalue weighted by Crippen LogP contribution is 2.41. The van der Waals surface area contributed by atoms with Crippen LogP contribution in [0.15, 0.2) is 42.7 Å². The van der Waals surface area contributed by atoms with E-state index in [1.807, 2.05) is 41.4 Å². The Bertz CT molecular complexity index is 693. The van der Waals surface area contributed by atoms with E-state index in [0.29, 0.717) is 23.8 Å². The predicted molar refractivity (Wildman–Crippen MR) is 89.5 cm³/mol. The lowest BCUT2D eigenvalue weighted by molar-refractivity contribution is -0.128. The Morgan fingerprint density at radius 1 is 1.26 bits per heavy atom. The van der Waals surface area contributed by atoms with Crippen LogP contribution in [-0.2, 0) is 11.3 Å². The average Bonchev–Trinajstić information content (AvgIpc) is 2.96. The van der Waals surface area contributed by atoms with Crippen LogP contribution in [0.4, 0.5) is 0 Å². The van der Waals surface area contributed by atoms with Crippen molar-refractivity contribution in [3.05, 3.63) is 53.9 Å². The van der Waals surface area contributed by atoms with Gasteiger partial charge in [-0.25, -0.2) is 0 Å². The molecule has 0 bridgehead atoms. The van der Waals surface area contributed by atoms with E-state index in [0.717, 1.165) is 11.1 Å². The molecule has 1 aromatic carbocycles. The molecule has 0 saturated carbocycles. The Hall–Kier alpha value is -2.21. The Balaban J connectivity index is 1.90. The van der Waals surface area contributed by atoms with E-state index in [2.05, 4.69) is 4.98 Å². The maximum absolute atomic E-state index is 12.3. The lowest BCUT2D eigenvalue weighted by Gasteiger charge is -2.25. The van der Waals surface area contributed by atoms with E-state index in [1.165, 1.54) is 0 Å². The maximum Gasteiger partial charge on any atom is 0.234 e. The van der Waals surface area contributed by atoms with Crippen molar-refractivity contribution in [3.63, 3.8) is 0 Å². The Kier molecular flexibility index (Phi) is 4.71. The molecule has 1 aliphatic heterocycles. The van der Waals surface area contributed by atoms with Crippen LogP contribution in [-0.4, -0.2) is 35.8 Å². The first-order valence-corrected chi connectivity index (χ1v) is 8.30. The summed E-state index contributed by atoms with van der Waals surface area (Å²) in [4.78, 5) is 18.4. The minimum absolute atomic E-state index is 0.0212. The summed E-state index contributed by atoms with van der Waals surface area (Å²) < 4.78 is 10.8. The summed E-state index contributed by atoms with van der Waals surface area (Å²) in [6.45, 7) is 0.478. The second-order valence-electron chi connectivity index (χ2n) is 5.12. The number of carbonyl (C=O) groups excluding carboxylic acids is 1. The van der Waals surface area contributed by atoms with Crippen LogP contribution in [0.2, 0.25) is 0 Å². The van der Waals surface area contributed by atoms with Crippen LogP contribution >= 0.6 is 11.8 Å². The summed E-state index contributed by atoms with van der Waals surface area (Å²) >= 11 is 1.62. The van der Waals surface area contributed by atoms with E-state index in [9.17, 15) is 4.79 Å². The Morgan fingerprint density at radius 3 is 2.83 bits per heavy atom. The van der Waals surface area contributed by atoms with Gasteiger partial charge in [-0.15, -0.1) is 11.8 Å². The minimum atomic E-state index is -0.0212. The number of benzene rings is 1. The topological polar surface area (TPSA) is 51.7 Å². The standard InChI is InChI=1S/C17H18N2O3S/c1-21-14-7-3-5-13(16(14)22-2)10-19-15(20)11-23-17(19)12-6-4-8-18-9-12/h3-9,17H,10-11H2,1-2H3. The Labute approximate surface area is 139 Å². The molecule has 3 rings (SSSR count). The molecule has 1 aromatic heterocycles. The zero-order valence-corrected chi connectivity index (χ0v) is 13.9. The number of para-hydroxylation sites is 1. The number of hydrogen-bond donors (Lipinski definition) is 0. The first-order valence-electron chi connectivity index (χ1n) is 7.25. The molecule has 1 amide bonds. The van der Waals surface area contributed by atoms with Gasteiger partial charge >= 0.3 is 0 Å². The van der Waals surface area contributed by atoms with Gasteiger partial charge in [0.15, 0.2) is 11.5 Å². The fourth-order valence-electron chi connectivity index (χ4n) is 2.68. The number of methoxy groups -OCH3 is 2. The first kappa shape index (κ1) is 15.7. The molecule has 1 aliphatic rings. The number of pyridine rings is 1. The fourth-order valence-corrected chi connectivity index (χ4v) is 3.86. The van der Waals surface area contributed by atoms with Crippen LogP contribution < -0.4 is 9.47 Å². The largest absolute Gasteiger partial charge is 0.493 e. The second kappa shape index (κ2) is 6.91. The number of hydrogen-bond acceptors (Lipinski definition) is 5. The van der Waals surface area contributed by atoms with Gasteiger partial charge in [0.2, 0.25) is 5.91 Å². The van der Waals surface area contributed by atoms with Crippen LogP contribution in [0, 0.1) is 0 Å². The van der Waals surface area contributed by atoms with Gasteiger partial charge in [0.05, 0.1) is 26.5 Å². The van der Waals surface area contributed by atoms with E-state index < -0.39 is 0 Å². The first-order chi connectivity index (χ1) is 11.2. The van der Waals surface area contributed by atoms with Crippen molar-refractivity contribution < 1.29 is 14.3 Å². The maximum atomic E-state index is 12.3. The van der Waals surface area contributed by atoms with E-state index in [4.69, 9.17) is 9.47 Å². The molecule has 1 unspecified atom stereocenters. The van der Waals surface area contributed by atoms with Gasteiger partial charge in [-0.1, -0.05) is 18.2 Å². The number of carbonyl (C=O) groups is 1. The molecule has 23 heavy (non-hydrogen) atoms. The number of nitrogens with zero attached hydrogens (tertiary/aromatic N) is 2. The van der Waals surface area contributed by atoms with Crippen LogP contribution in [0.3, 0.4) is 0 Å². The van der Waals surface area contributed by atoms with E-state index in [1.54, 1.807) is 32.2 Å². The van der Waals surface area contributed by atoms with E-state index >= 15 is 0 Å². The van der Waals surface area contributed by atoms with Crippen molar-refractivity contribution in [2.24, 2.45) is 0 Å². The summed E-state index contributed by atoms with van der Waals surface area (Å²) in [5.74, 6) is 1.94. The van der Waals surface area contributed by atoms with Crippen molar-refractivity contribution in [2.45, 2.75) is 11.9 Å². The molecular formula is C17H18N2O3S. The third kappa shape index (κ3) is 3.12. The highest BCUT2D eigenvalue weighted by atomic mass is 32.2. The van der Waals surface area contributed by atoms with Gasteiger partial charge in [-0.2, -0.15) is 0 Å². The molecule has 2 aromatic rings. The van der Waals surface area contributed by atoms with E-state index in [-0.39, 0.29) is 11.3 Å². The van der Waals surface area contributed by atoms with Gasteiger partial charge in [-0.3, -0.25) is 9.78 Å². The van der Waals surface area contributed by atoms with Crippen molar-refractivity contribution in [1.29, 1.82) is 0 Å². The zero-order chi connectivity index (χ0) is 16.2. The van der Waals surface area contributed by atoms with Gasteiger partial charge in [-0.05, 0) is 12.1 Å². The monoisotopic (exact) mass is 330 g/mol. The fraction of sp³-hybridized carbons (Fsp3) is 0.294. The minimum Gasteiger partial charge on any atom is -0.493 e. The molecule has 2 heterocycles. The third-order valence-corrected chi connectivity index (χ3v) is 5.02. The third-order valence-electron chi connectivity index (χ3n) is 3.76. The van der Waals surface area contributed by atoms with Gasteiger partial charge < -0.3 is 14.4 Å². The molecule has 0 N–H and O–H groups in total. The molecule has 6 heteroatoms. The van der Waals surface area contributed by atoms with Gasteiger partial charge in [0.25, 0.3) is 0 Å². The number of amides is 1. The number of thioether (sulfide) groups is 1. The van der Waals surface area contributed by atoms with Crippen molar-refractivity contribution in [2.75, 3.05) is 20.0 Å². The summed E-state index contributed by atoms with van der Waals surface area (Å²) in [7, 11) is 3.22. The molecule has 1 atom stereocenters. The smallest absolute Gasteiger partial charge is 0.234 e.